The Morgan fingerprint density at radius 2 is 1.71 bits per heavy atom. The van der Waals surface area contributed by atoms with Gasteiger partial charge in [-0.25, -0.2) is 4.39 Å². The molecule has 2 aromatic carbocycles. The van der Waals surface area contributed by atoms with Crippen LogP contribution in [-0.2, 0) is 5.41 Å². The van der Waals surface area contributed by atoms with Crippen LogP contribution in [0.25, 0.3) is 0 Å². The van der Waals surface area contributed by atoms with Gasteiger partial charge in [-0.3, -0.25) is 4.79 Å². The Morgan fingerprint density at radius 1 is 1.05 bits per heavy atom. The number of hydrogen-bond acceptors (Lipinski definition) is 1. The summed E-state index contributed by atoms with van der Waals surface area (Å²) in [5.41, 5.74) is 1.63. The zero-order chi connectivity index (χ0) is 14.9. The summed E-state index contributed by atoms with van der Waals surface area (Å²) in [4.78, 5) is 13.1. The first-order valence-corrected chi connectivity index (χ1v) is 7.50. The zero-order valence-electron chi connectivity index (χ0n) is 12.2. The summed E-state index contributed by atoms with van der Waals surface area (Å²) in [5.74, 6) is -0.472. The summed E-state index contributed by atoms with van der Waals surface area (Å²) in [6.07, 6.45) is 3.66. The van der Waals surface area contributed by atoms with Gasteiger partial charge >= 0.3 is 0 Å². The highest BCUT2D eigenvalue weighted by molar-refractivity contribution is 6.04. The van der Waals surface area contributed by atoms with Crippen LogP contribution in [0.3, 0.4) is 0 Å². The van der Waals surface area contributed by atoms with Crippen molar-refractivity contribution in [3.8, 4) is 0 Å². The van der Waals surface area contributed by atoms with E-state index in [9.17, 15) is 9.18 Å². The third-order valence-electron chi connectivity index (χ3n) is 4.58. The number of carbonyl (C=O) groups excluding carboxylic acids is 1. The molecule has 21 heavy (non-hydrogen) atoms. The molecule has 0 radical (unpaired) electrons. The third-order valence-corrected chi connectivity index (χ3v) is 4.58. The molecular weight excluding hydrogens is 263 g/mol. The van der Waals surface area contributed by atoms with Gasteiger partial charge in [0.2, 0.25) is 0 Å². The van der Waals surface area contributed by atoms with Crippen LogP contribution in [0.2, 0.25) is 0 Å². The normalized spacial score (nSPS) is 16.9. The molecule has 0 bridgehead atoms. The summed E-state index contributed by atoms with van der Waals surface area (Å²) in [7, 11) is 0. The molecule has 1 aliphatic rings. The monoisotopic (exact) mass is 282 g/mol. The topological polar surface area (TPSA) is 17.1 Å². The Balaban J connectivity index is 2.10. The molecule has 0 aromatic heterocycles. The van der Waals surface area contributed by atoms with Gasteiger partial charge in [-0.05, 0) is 37.5 Å². The first-order valence-electron chi connectivity index (χ1n) is 7.50. The van der Waals surface area contributed by atoms with Crippen molar-refractivity contribution in [2.24, 2.45) is 0 Å². The minimum atomic E-state index is -0.546. The van der Waals surface area contributed by atoms with Gasteiger partial charge in [-0.1, -0.05) is 54.8 Å². The van der Waals surface area contributed by atoms with E-state index in [0.29, 0.717) is 0 Å². The molecule has 108 valence electrons. The Labute approximate surface area is 124 Å². The fourth-order valence-corrected chi connectivity index (χ4v) is 3.45. The van der Waals surface area contributed by atoms with Crippen LogP contribution >= 0.6 is 0 Å². The quantitative estimate of drug-likeness (QED) is 0.737. The van der Waals surface area contributed by atoms with Crippen molar-refractivity contribution in [2.45, 2.75) is 38.0 Å². The van der Waals surface area contributed by atoms with Gasteiger partial charge in [-0.2, -0.15) is 0 Å². The van der Waals surface area contributed by atoms with E-state index >= 15 is 0 Å². The molecule has 0 amide bonds. The molecule has 0 saturated heterocycles. The number of carbonyl (C=O) groups is 1. The van der Waals surface area contributed by atoms with E-state index in [2.05, 4.69) is 0 Å². The Bertz CT molecular complexity index is 655. The van der Waals surface area contributed by atoms with E-state index in [1.54, 1.807) is 12.1 Å². The Kier molecular flexibility index (Phi) is 3.62. The van der Waals surface area contributed by atoms with Crippen molar-refractivity contribution >= 4 is 5.78 Å². The largest absolute Gasteiger partial charge is 0.293 e. The first kappa shape index (κ1) is 14.0. The number of aryl methyl sites for hydroxylation is 1. The summed E-state index contributed by atoms with van der Waals surface area (Å²) < 4.78 is 14.1. The highest BCUT2D eigenvalue weighted by Crippen LogP contribution is 2.43. The van der Waals surface area contributed by atoms with Gasteiger partial charge in [0.1, 0.15) is 5.82 Å². The number of Topliss-reactive ketones (excluding diaryl/α,β-unsaturated/α-hetero) is 1. The van der Waals surface area contributed by atoms with E-state index in [1.165, 1.54) is 6.07 Å². The van der Waals surface area contributed by atoms with Crippen LogP contribution in [-0.4, -0.2) is 5.78 Å². The maximum atomic E-state index is 14.1. The van der Waals surface area contributed by atoms with E-state index < -0.39 is 11.2 Å². The molecule has 3 rings (SSSR count). The van der Waals surface area contributed by atoms with E-state index in [-0.39, 0.29) is 11.3 Å². The lowest BCUT2D eigenvalue weighted by atomic mass is 9.73. The Hall–Kier alpha value is -1.96. The molecule has 1 saturated carbocycles. The van der Waals surface area contributed by atoms with Crippen molar-refractivity contribution in [3.05, 3.63) is 71.0 Å². The van der Waals surface area contributed by atoms with Crippen LogP contribution in [0.15, 0.2) is 48.5 Å². The molecule has 0 spiro atoms. The van der Waals surface area contributed by atoms with Crippen LogP contribution in [0.4, 0.5) is 4.39 Å². The van der Waals surface area contributed by atoms with E-state index in [1.807, 2.05) is 37.3 Å². The predicted octanol–water partition coefficient (Wildman–Crippen LogP) is 4.83. The van der Waals surface area contributed by atoms with Gasteiger partial charge in [0.25, 0.3) is 0 Å². The molecule has 0 N–H and O–H groups in total. The first-order chi connectivity index (χ1) is 10.1. The maximum Gasteiger partial charge on any atom is 0.176 e. The lowest BCUT2D eigenvalue weighted by Crippen LogP contribution is -2.33. The standard InChI is InChI=1S/C19H19FO/c1-14-9-10-17(20)16(13-14)18(21)19(11-5-6-12-19)15-7-3-2-4-8-15/h2-4,7-10,13H,5-6,11-12H2,1H3. The molecule has 1 nitrogen and oxygen atoms in total. The van der Waals surface area contributed by atoms with E-state index in [0.717, 1.165) is 36.8 Å². The minimum absolute atomic E-state index is 0.0626. The maximum absolute atomic E-state index is 14.1. The van der Waals surface area contributed by atoms with Crippen LogP contribution in [0.1, 0.15) is 47.2 Å². The molecule has 0 unspecified atom stereocenters. The second-order valence-electron chi connectivity index (χ2n) is 5.97. The average molecular weight is 282 g/mol. The van der Waals surface area contributed by atoms with Crippen molar-refractivity contribution in [1.29, 1.82) is 0 Å². The highest BCUT2D eigenvalue weighted by Gasteiger charge is 2.43. The summed E-state index contributed by atoms with van der Waals surface area (Å²) >= 11 is 0. The number of ketones is 1. The molecule has 0 aliphatic heterocycles. The molecule has 2 heteroatoms. The molecular formula is C19H19FO. The smallest absolute Gasteiger partial charge is 0.176 e. The molecule has 2 aromatic rings. The second kappa shape index (κ2) is 5.44. The van der Waals surface area contributed by atoms with Gasteiger partial charge in [0.15, 0.2) is 5.78 Å². The van der Waals surface area contributed by atoms with E-state index in [4.69, 9.17) is 0 Å². The number of halogens is 1. The fourth-order valence-electron chi connectivity index (χ4n) is 3.45. The van der Waals surface area contributed by atoms with Crippen LogP contribution in [0.5, 0.6) is 0 Å². The second-order valence-corrected chi connectivity index (χ2v) is 5.97. The van der Waals surface area contributed by atoms with Gasteiger partial charge in [-0.15, -0.1) is 0 Å². The summed E-state index contributed by atoms with van der Waals surface area (Å²) in [5, 5.41) is 0. The Morgan fingerprint density at radius 3 is 2.38 bits per heavy atom. The predicted molar refractivity (Wildman–Crippen MR) is 82.1 cm³/mol. The lowest BCUT2D eigenvalue weighted by molar-refractivity contribution is 0.0881. The lowest BCUT2D eigenvalue weighted by Gasteiger charge is -2.28. The van der Waals surface area contributed by atoms with Crippen LogP contribution in [0, 0.1) is 12.7 Å². The van der Waals surface area contributed by atoms with Gasteiger partial charge < -0.3 is 0 Å². The molecule has 0 atom stereocenters. The zero-order valence-corrected chi connectivity index (χ0v) is 12.2. The van der Waals surface area contributed by atoms with Crippen LogP contribution < -0.4 is 0 Å². The molecule has 1 aliphatic carbocycles. The van der Waals surface area contributed by atoms with Crippen molar-refractivity contribution in [3.63, 3.8) is 0 Å². The summed E-state index contributed by atoms with van der Waals surface area (Å²) in [6, 6.07) is 14.6. The van der Waals surface area contributed by atoms with Crippen molar-refractivity contribution < 1.29 is 9.18 Å². The van der Waals surface area contributed by atoms with Crippen molar-refractivity contribution in [2.75, 3.05) is 0 Å². The number of benzene rings is 2. The van der Waals surface area contributed by atoms with Crippen molar-refractivity contribution in [1.82, 2.24) is 0 Å². The minimum Gasteiger partial charge on any atom is -0.293 e. The van der Waals surface area contributed by atoms with Gasteiger partial charge in [0, 0.05) is 0 Å². The summed E-state index contributed by atoms with van der Waals surface area (Å²) in [6.45, 7) is 1.89. The van der Waals surface area contributed by atoms with Gasteiger partial charge in [0.05, 0.1) is 11.0 Å². The number of hydrogen-bond donors (Lipinski definition) is 0. The highest BCUT2D eigenvalue weighted by atomic mass is 19.1. The third kappa shape index (κ3) is 2.39. The molecule has 0 heterocycles. The number of rotatable bonds is 3. The SMILES string of the molecule is Cc1ccc(F)c(C(=O)C2(c3ccccc3)CCCC2)c1. The average Bonchev–Trinajstić information content (AvgIpc) is 3.01. The fraction of sp³-hybridized carbons (Fsp3) is 0.316. The molecule has 1 fully saturated rings.